The highest BCUT2D eigenvalue weighted by Crippen LogP contribution is 2.32. The number of carbonyl (C=O) groups is 1. The highest BCUT2D eigenvalue weighted by Gasteiger charge is 2.34. The van der Waals surface area contributed by atoms with Crippen molar-refractivity contribution in [3.05, 3.63) is 47.2 Å². The fourth-order valence-electron chi connectivity index (χ4n) is 1.86. The maximum atomic E-state index is 13.0. The summed E-state index contributed by atoms with van der Waals surface area (Å²) in [7, 11) is 0. The van der Waals surface area contributed by atoms with E-state index in [1.807, 2.05) is 0 Å². The van der Waals surface area contributed by atoms with E-state index in [1.54, 1.807) is 17.5 Å². The Balaban J connectivity index is 1.86. The normalized spacial score (nSPS) is 11.5. The van der Waals surface area contributed by atoms with Gasteiger partial charge in [-0.05, 0) is 23.6 Å². The number of rotatable bonds is 5. The summed E-state index contributed by atoms with van der Waals surface area (Å²) >= 11 is 1.23. The Labute approximate surface area is 142 Å². The van der Waals surface area contributed by atoms with Gasteiger partial charge in [-0.2, -0.15) is 28.2 Å². The molecule has 0 spiro atoms. The van der Waals surface area contributed by atoms with E-state index < -0.39 is 23.8 Å². The number of aromatic carboxylic acids is 1. The molecule has 0 aliphatic heterocycles. The van der Waals surface area contributed by atoms with Crippen LogP contribution in [0.5, 0.6) is 6.01 Å². The highest BCUT2D eigenvalue weighted by molar-refractivity contribution is 7.13. The summed E-state index contributed by atoms with van der Waals surface area (Å²) in [6.45, 7) is -0.335. The number of hydrogen-bond acceptors (Lipinski definition) is 6. The van der Waals surface area contributed by atoms with Gasteiger partial charge in [-0.15, -0.1) is 11.3 Å². The third-order valence-electron chi connectivity index (χ3n) is 2.96. The maximum absolute atomic E-state index is 13.0. The minimum Gasteiger partial charge on any atom is -0.476 e. The first-order valence-corrected chi connectivity index (χ1v) is 7.60. The molecular formula is C14H9F3N4O3S. The Hall–Kier alpha value is -2.95. The fraction of sp³-hybridized carbons (Fsp3) is 0.143. The number of hydrogen-bond donors (Lipinski definition) is 1. The van der Waals surface area contributed by atoms with Crippen LogP contribution in [-0.2, 0) is 12.9 Å². The zero-order chi connectivity index (χ0) is 18.0. The monoisotopic (exact) mass is 370 g/mol. The van der Waals surface area contributed by atoms with E-state index in [1.165, 1.54) is 23.6 Å². The Morgan fingerprint density at radius 3 is 2.72 bits per heavy atom. The van der Waals surface area contributed by atoms with Gasteiger partial charge in [0.25, 0.3) is 0 Å². The molecule has 3 aromatic heterocycles. The zero-order valence-corrected chi connectivity index (χ0v) is 13.1. The van der Waals surface area contributed by atoms with Crippen LogP contribution in [0.4, 0.5) is 13.2 Å². The predicted octanol–water partition coefficient (Wildman–Crippen LogP) is 3.16. The van der Waals surface area contributed by atoms with Gasteiger partial charge in [0, 0.05) is 6.20 Å². The number of alkyl halides is 3. The van der Waals surface area contributed by atoms with Crippen LogP contribution in [0.1, 0.15) is 16.2 Å². The number of carboxylic acids is 1. The molecule has 0 atom stereocenters. The van der Waals surface area contributed by atoms with Crippen LogP contribution in [0, 0.1) is 0 Å². The van der Waals surface area contributed by atoms with Gasteiger partial charge in [0.15, 0.2) is 18.1 Å². The molecule has 3 aromatic rings. The van der Waals surface area contributed by atoms with Crippen molar-refractivity contribution in [3.8, 4) is 16.6 Å². The predicted molar refractivity (Wildman–Crippen MR) is 80.2 cm³/mol. The van der Waals surface area contributed by atoms with E-state index in [4.69, 9.17) is 9.84 Å². The van der Waals surface area contributed by atoms with Gasteiger partial charge in [-0.25, -0.2) is 9.48 Å². The molecule has 0 amide bonds. The van der Waals surface area contributed by atoms with Crippen molar-refractivity contribution < 1.29 is 27.8 Å². The molecule has 0 aliphatic carbocycles. The molecule has 0 saturated heterocycles. The summed E-state index contributed by atoms with van der Waals surface area (Å²) < 4.78 is 45.3. The number of thiophene rings is 1. The van der Waals surface area contributed by atoms with E-state index in [0.29, 0.717) is 4.88 Å². The Bertz CT molecular complexity index is 893. The molecule has 0 aliphatic rings. The van der Waals surface area contributed by atoms with Crippen LogP contribution in [0.3, 0.4) is 0 Å². The third kappa shape index (κ3) is 3.94. The van der Waals surface area contributed by atoms with E-state index in [2.05, 4.69) is 15.1 Å². The average Bonchev–Trinajstić information content (AvgIpc) is 3.23. The van der Waals surface area contributed by atoms with Gasteiger partial charge in [0.1, 0.15) is 0 Å². The lowest BCUT2D eigenvalue weighted by molar-refractivity contribution is -0.141. The van der Waals surface area contributed by atoms with Gasteiger partial charge in [-0.1, -0.05) is 6.07 Å². The van der Waals surface area contributed by atoms with Crippen LogP contribution in [-0.4, -0.2) is 30.8 Å². The molecule has 0 fully saturated rings. The lowest BCUT2D eigenvalue weighted by Gasteiger charge is -2.10. The second kappa shape index (κ2) is 6.51. The highest BCUT2D eigenvalue weighted by atomic mass is 32.1. The quantitative estimate of drug-likeness (QED) is 0.742. The average molecular weight is 370 g/mol. The molecular weight excluding hydrogens is 361 g/mol. The van der Waals surface area contributed by atoms with Crippen molar-refractivity contribution in [2.45, 2.75) is 12.9 Å². The zero-order valence-electron chi connectivity index (χ0n) is 12.3. The summed E-state index contributed by atoms with van der Waals surface area (Å²) in [6, 6.07) is 4.91. The molecule has 130 valence electrons. The second-order valence-electron chi connectivity index (χ2n) is 4.72. The standard InChI is InChI=1S/C14H9F3N4O3S/c15-14(16,17)11-6-9(10-2-1-5-25-10)18-13(19-11)24-7-21-4-3-8(20-21)12(22)23/h1-6H,7H2,(H,22,23). The summed E-state index contributed by atoms with van der Waals surface area (Å²) in [5.74, 6) is -1.23. The summed E-state index contributed by atoms with van der Waals surface area (Å²) in [4.78, 5) is 18.6. The van der Waals surface area contributed by atoms with E-state index in [-0.39, 0.29) is 18.1 Å². The third-order valence-corrected chi connectivity index (χ3v) is 3.85. The SMILES string of the molecule is O=C(O)c1ccn(COc2nc(-c3cccs3)cc(C(F)(F)F)n2)n1. The largest absolute Gasteiger partial charge is 0.476 e. The lowest BCUT2D eigenvalue weighted by Crippen LogP contribution is -2.13. The van der Waals surface area contributed by atoms with Crippen LogP contribution in [0.15, 0.2) is 35.8 Å². The van der Waals surface area contributed by atoms with Crippen molar-refractivity contribution in [3.63, 3.8) is 0 Å². The first-order valence-electron chi connectivity index (χ1n) is 6.72. The lowest BCUT2D eigenvalue weighted by atomic mass is 10.3. The number of aromatic nitrogens is 4. The second-order valence-corrected chi connectivity index (χ2v) is 5.66. The van der Waals surface area contributed by atoms with Crippen molar-refractivity contribution in [1.82, 2.24) is 19.7 Å². The minimum atomic E-state index is -4.66. The van der Waals surface area contributed by atoms with Crippen LogP contribution < -0.4 is 4.74 Å². The molecule has 0 unspecified atom stereocenters. The molecule has 7 nitrogen and oxygen atoms in total. The number of halogens is 3. The Morgan fingerprint density at radius 1 is 1.32 bits per heavy atom. The molecule has 0 saturated carbocycles. The number of nitrogens with zero attached hydrogens (tertiary/aromatic N) is 4. The molecule has 3 heterocycles. The molecule has 11 heteroatoms. The molecule has 0 radical (unpaired) electrons. The van der Waals surface area contributed by atoms with Gasteiger partial charge >= 0.3 is 18.2 Å². The van der Waals surface area contributed by atoms with E-state index >= 15 is 0 Å². The summed E-state index contributed by atoms with van der Waals surface area (Å²) in [6.07, 6.45) is -3.34. The first kappa shape index (κ1) is 16.9. The van der Waals surface area contributed by atoms with Crippen molar-refractivity contribution in [2.75, 3.05) is 0 Å². The van der Waals surface area contributed by atoms with E-state index in [9.17, 15) is 18.0 Å². The summed E-state index contributed by atoms with van der Waals surface area (Å²) in [5, 5.41) is 14.2. The molecule has 3 rings (SSSR count). The number of ether oxygens (including phenoxy) is 1. The van der Waals surface area contributed by atoms with E-state index in [0.717, 1.165) is 10.7 Å². The van der Waals surface area contributed by atoms with Gasteiger partial charge < -0.3 is 9.84 Å². The van der Waals surface area contributed by atoms with Crippen LogP contribution in [0.2, 0.25) is 0 Å². The molecule has 0 aromatic carbocycles. The maximum Gasteiger partial charge on any atom is 0.433 e. The smallest absolute Gasteiger partial charge is 0.433 e. The number of carboxylic acid groups (broad SMARTS) is 1. The van der Waals surface area contributed by atoms with Gasteiger partial charge in [0.05, 0.1) is 10.6 Å². The van der Waals surface area contributed by atoms with Crippen molar-refractivity contribution in [1.29, 1.82) is 0 Å². The minimum absolute atomic E-state index is 0.0824. The fourth-order valence-corrected chi connectivity index (χ4v) is 2.54. The molecule has 0 bridgehead atoms. The van der Waals surface area contributed by atoms with Gasteiger partial charge in [0.2, 0.25) is 0 Å². The van der Waals surface area contributed by atoms with Gasteiger partial charge in [-0.3, -0.25) is 0 Å². The molecule has 25 heavy (non-hydrogen) atoms. The molecule has 1 N–H and O–H groups in total. The summed E-state index contributed by atoms with van der Waals surface area (Å²) in [5.41, 5.74) is -1.26. The van der Waals surface area contributed by atoms with Crippen molar-refractivity contribution in [2.24, 2.45) is 0 Å². The topological polar surface area (TPSA) is 90.1 Å². The Morgan fingerprint density at radius 2 is 2.12 bits per heavy atom. The van der Waals surface area contributed by atoms with Crippen LogP contribution >= 0.6 is 11.3 Å². The van der Waals surface area contributed by atoms with Crippen molar-refractivity contribution >= 4 is 17.3 Å². The van der Waals surface area contributed by atoms with Crippen LogP contribution in [0.25, 0.3) is 10.6 Å². The first-order chi connectivity index (χ1) is 11.8. The Kier molecular flexibility index (Phi) is 4.40.